The summed E-state index contributed by atoms with van der Waals surface area (Å²) in [5, 5.41) is 23.8. The van der Waals surface area contributed by atoms with Gasteiger partial charge in [-0.3, -0.25) is 15.2 Å². The van der Waals surface area contributed by atoms with Gasteiger partial charge in [-0.1, -0.05) is 6.07 Å². The summed E-state index contributed by atoms with van der Waals surface area (Å²) in [5.74, 6) is 0.578. The van der Waals surface area contributed by atoms with Crippen molar-refractivity contribution in [1.82, 2.24) is 15.2 Å². The average Bonchev–Trinajstić information content (AvgIpc) is 3.02. The summed E-state index contributed by atoms with van der Waals surface area (Å²) in [6.45, 7) is 1.73. The van der Waals surface area contributed by atoms with Gasteiger partial charge in [-0.25, -0.2) is 4.98 Å². The molecule has 2 heterocycles. The standard InChI is InChI=1S/C17H13N5O2/c1-10-2-5-14-13(16(10)22(23)24)6-7-18-17(14)20-12-4-3-11-9-19-21-15(11)8-12/h2-9H,1H3,(H,18,20)(H,19,21). The lowest BCUT2D eigenvalue weighted by molar-refractivity contribution is -0.383. The third kappa shape index (κ3) is 2.23. The van der Waals surface area contributed by atoms with Crippen molar-refractivity contribution < 1.29 is 4.92 Å². The first kappa shape index (κ1) is 14.1. The minimum Gasteiger partial charge on any atom is -0.340 e. The predicted molar refractivity (Wildman–Crippen MR) is 92.5 cm³/mol. The van der Waals surface area contributed by atoms with E-state index in [1.54, 1.807) is 31.5 Å². The van der Waals surface area contributed by atoms with E-state index in [9.17, 15) is 10.1 Å². The third-order valence-electron chi connectivity index (χ3n) is 4.01. The number of nitrogens with zero attached hydrogens (tertiary/aromatic N) is 3. The summed E-state index contributed by atoms with van der Waals surface area (Å²) in [6, 6.07) is 11.0. The molecule has 0 aliphatic carbocycles. The van der Waals surface area contributed by atoms with E-state index in [-0.39, 0.29) is 10.6 Å². The minimum atomic E-state index is -0.349. The molecular weight excluding hydrogens is 306 g/mol. The summed E-state index contributed by atoms with van der Waals surface area (Å²) >= 11 is 0. The molecule has 0 radical (unpaired) electrons. The van der Waals surface area contributed by atoms with Crippen molar-refractivity contribution >= 4 is 38.9 Å². The van der Waals surface area contributed by atoms with E-state index in [0.717, 1.165) is 16.6 Å². The summed E-state index contributed by atoms with van der Waals surface area (Å²) in [7, 11) is 0. The normalized spacial score (nSPS) is 11.0. The van der Waals surface area contributed by atoms with Crippen molar-refractivity contribution in [3.63, 3.8) is 0 Å². The first-order valence-corrected chi connectivity index (χ1v) is 7.36. The van der Waals surface area contributed by atoms with Gasteiger partial charge in [-0.2, -0.15) is 5.10 Å². The molecule has 0 spiro atoms. The van der Waals surface area contributed by atoms with Crippen molar-refractivity contribution in [2.75, 3.05) is 5.32 Å². The number of nitro groups is 1. The quantitative estimate of drug-likeness (QED) is 0.438. The van der Waals surface area contributed by atoms with E-state index in [4.69, 9.17) is 0 Å². The van der Waals surface area contributed by atoms with Crippen LogP contribution in [0, 0.1) is 17.0 Å². The largest absolute Gasteiger partial charge is 0.340 e. The Morgan fingerprint density at radius 3 is 2.88 bits per heavy atom. The molecule has 0 unspecified atom stereocenters. The van der Waals surface area contributed by atoms with Crippen molar-refractivity contribution in [3.05, 3.63) is 64.5 Å². The Labute approximate surface area is 136 Å². The maximum absolute atomic E-state index is 11.4. The number of pyridine rings is 1. The zero-order valence-corrected chi connectivity index (χ0v) is 12.8. The van der Waals surface area contributed by atoms with Gasteiger partial charge in [0, 0.05) is 28.2 Å². The van der Waals surface area contributed by atoms with Crippen LogP contribution in [0.15, 0.2) is 48.8 Å². The molecule has 24 heavy (non-hydrogen) atoms. The number of nitrogens with one attached hydrogen (secondary N) is 2. The highest BCUT2D eigenvalue weighted by molar-refractivity contribution is 6.00. The van der Waals surface area contributed by atoms with Gasteiger partial charge in [-0.15, -0.1) is 0 Å². The molecule has 4 aromatic rings. The van der Waals surface area contributed by atoms with E-state index in [1.165, 1.54) is 0 Å². The average molecular weight is 319 g/mol. The fourth-order valence-electron chi connectivity index (χ4n) is 2.84. The Balaban J connectivity index is 1.84. The van der Waals surface area contributed by atoms with Crippen molar-refractivity contribution in [2.45, 2.75) is 6.92 Å². The second-order valence-electron chi connectivity index (χ2n) is 5.54. The van der Waals surface area contributed by atoms with Crippen LogP contribution in [-0.4, -0.2) is 20.1 Å². The van der Waals surface area contributed by atoms with Gasteiger partial charge in [-0.05, 0) is 37.3 Å². The van der Waals surface area contributed by atoms with E-state index in [2.05, 4.69) is 20.5 Å². The van der Waals surface area contributed by atoms with Gasteiger partial charge in [0.1, 0.15) is 5.82 Å². The van der Waals surface area contributed by atoms with Gasteiger partial charge in [0.05, 0.1) is 22.0 Å². The molecule has 7 heteroatoms. The van der Waals surface area contributed by atoms with Crippen LogP contribution in [-0.2, 0) is 0 Å². The van der Waals surface area contributed by atoms with Gasteiger partial charge in [0.15, 0.2) is 0 Å². The number of hydrogen-bond acceptors (Lipinski definition) is 5. The molecule has 0 aliphatic heterocycles. The fourth-order valence-corrected chi connectivity index (χ4v) is 2.84. The summed E-state index contributed by atoms with van der Waals surface area (Å²) in [4.78, 5) is 15.4. The van der Waals surface area contributed by atoms with E-state index in [0.29, 0.717) is 22.2 Å². The number of aryl methyl sites for hydroxylation is 1. The number of benzene rings is 2. The number of rotatable bonds is 3. The molecule has 0 bridgehead atoms. The zero-order valence-electron chi connectivity index (χ0n) is 12.8. The highest BCUT2D eigenvalue weighted by atomic mass is 16.6. The number of fused-ring (bicyclic) bond motifs is 2. The SMILES string of the molecule is Cc1ccc2c(Nc3ccc4cn[nH]c4c3)nccc2c1[N+](=O)[O-]. The molecule has 2 aromatic carbocycles. The van der Waals surface area contributed by atoms with Crippen molar-refractivity contribution in [3.8, 4) is 0 Å². The lowest BCUT2D eigenvalue weighted by Crippen LogP contribution is -1.98. The fraction of sp³-hybridized carbons (Fsp3) is 0.0588. The maximum Gasteiger partial charge on any atom is 0.280 e. The number of hydrogen-bond donors (Lipinski definition) is 2. The Morgan fingerprint density at radius 2 is 2.04 bits per heavy atom. The first-order chi connectivity index (χ1) is 11.6. The molecule has 0 fully saturated rings. The molecule has 0 saturated carbocycles. The first-order valence-electron chi connectivity index (χ1n) is 7.36. The summed E-state index contributed by atoms with van der Waals surface area (Å²) < 4.78 is 0. The monoisotopic (exact) mass is 319 g/mol. The third-order valence-corrected chi connectivity index (χ3v) is 4.01. The Bertz CT molecular complexity index is 1090. The highest BCUT2D eigenvalue weighted by Gasteiger charge is 2.17. The van der Waals surface area contributed by atoms with E-state index in [1.807, 2.05) is 24.3 Å². The topological polar surface area (TPSA) is 96.7 Å². The number of aromatic amines is 1. The number of aromatic nitrogens is 3. The van der Waals surface area contributed by atoms with Crippen LogP contribution in [0.25, 0.3) is 21.7 Å². The summed E-state index contributed by atoms with van der Waals surface area (Å²) in [5.41, 5.74) is 2.47. The highest BCUT2D eigenvalue weighted by Crippen LogP contribution is 2.33. The summed E-state index contributed by atoms with van der Waals surface area (Å²) in [6.07, 6.45) is 3.33. The Morgan fingerprint density at radius 1 is 1.17 bits per heavy atom. The van der Waals surface area contributed by atoms with Crippen LogP contribution in [0.1, 0.15) is 5.56 Å². The van der Waals surface area contributed by atoms with Crippen LogP contribution in [0.5, 0.6) is 0 Å². The van der Waals surface area contributed by atoms with Crippen LogP contribution in [0.3, 0.4) is 0 Å². The molecule has 0 atom stereocenters. The molecule has 4 rings (SSSR count). The lowest BCUT2D eigenvalue weighted by Gasteiger charge is -2.10. The zero-order chi connectivity index (χ0) is 16.7. The predicted octanol–water partition coefficient (Wildman–Crippen LogP) is 4.07. The smallest absolute Gasteiger partial charge is 0.280 e. The Hall–Kier alpha value is -3.48. The van der Waals surface area contributed by atoms with Crippen LogP contribution in [0.2, 0.25) is 0 Å². The van der Waals surface area contributed by atoms with Crippen LogP contribution in [0.4, 0.5) is 17.2 Å². The number of anilines is 2. The molecule has 0 aliphatic rings. The minimum absolute atomic E-state index is 0.113. The molecule has 0 amide bonds. The molecule has 2 aromatic heterocycles. The molecule has 2 N–H and O–H groups in total. The second-order valence-corrected chi connectivity index (χ2v) is 5.54. The van der Waals surface area contributed by atoms with Gasteiger partial charge in [0.2, 0.25) is 0 Å². The second kappa shape index (κ2) is 5.31. The van der Waals surface area contributed by atoms with Crippen molar-refractivity contribution in [2.24, 2.45) is 0 Å². The van der Waals surface area contributed by atoms with Crippen molar-refractivity contribution in [1.29, 1.82) is 0 Å². The van der Waals surface area contributed by atoms with Crippen LogP contribution >= 0.6 is 0 Å². The van der Waals surface area contributed by atoms with Gasteiger partial charge < -0.3 is 5.32 Å². The lowest BCUT2D eigenvalue weighted by atomic mass is 10.1. The molecule has 0 saturated heterocycles. The van der Waals surface area contributed by atoms with Crippen LogP contribution < -0.4 is 5.32 Å². The van der Waals surface area contributed by atoms with E-state index < -0.39 is 0 Å². The molecule has 118 valence electrons. The number of nitro benzene ring substituents is 1. The maximum atomic E-state index is 11.4. The van der Waals surface area contributed by atoms with E-state index >= 15 is 0 Å². The molecule has 7 nitrogen and oxygen atoms in total. The molecular formula is C17H13N5O2. The number of H-pyrrole nitrogens is 1. The van der Waals surface area contributed by atoms with Gasteiger partial charge >= 0.3 is 0 Å². The Kier molecular flexibility index (Phi) is 3.13. The van der Waals surface area contributed by atoms with Gasteiger partial charge in [0.25, 0.3) is 5.69 Å².